The van der Waals surface area contributed by atoms with E-state index in [2.05, 4.69) is 50.2 Å². The maximum atomic E-state index is 6.38. The monoisotopic (exact) mass is 372 g/mol. The van der Waals surface area contributed by atoms with Crippen molar-refractivity contribution < 1.29 is 14.2 Å². The smallest absolute Gasteiger partial charge is 0.161 e. The molecule has 0 unspecified atom stereocenters. The highest BCUT2D eigenvalue weighted by Gasteiger charge is 2.30. The number of aryl methyl sites for hydroxylation is 1. The predicted octanol–water partition coefficient (Wildman–Crippen LogP) is 5.97. The zero-order chi connectivity index (χ0) is 19.7. The first-order valence-electron chi connectivity index (χ1n) is 9.39. The molecule has 3 aromatic carbocycles. The molecule has 1 aliphatic heterocycles. The van der Waals surface area contributed by atoms with Crippen LogP contribution in [0, 0.1) is 6.92 Å². The van der Waals surface area contributed by atoms with Crippen molar-refractivity contribution in [2.24, 2.45) is 0 Å². The molecule has 0 spiro atoms. The van der Waals surface area contributed by atoms with Gasteiger partial charge in [-0.15, -0.1) is 0 Å². The molecule has 1 atom stereocenters. The Morgan fingerprint density at radius 2 is 1.43 bits per heavy atom. The molecule has 0 bridgehead atoms. The zero-order valence-corrected chi connectivity index (χ0v) is 16.7. The molecule has 0 saturated heterocycles. The Hall–Kier alpha value is -3.20. The van der Waals surface area contributed by atoms with Gasteiger partial charge in [0.15, 0.2) is 11.5 Å². The number of hydrogen-bond acceptors (Lipinski definition) is 3. The van der Waals surface area contributed by atoms with Gasteiger partial charge in [-0.25, -0.2) is 0 Å². The fraction of sp³-hybridized carbons (Fsp3) is 0.200. The average Bonchev–Trinajstić information content (AvgIpc) is 2.73. The molecule has 0 N–H and O–H groups in total. The fourth-order valence-corrected chi connectivity index (χ4v) is 3.94. The van der Waals surface area contributed by atoms with Gasteiger partial charge in [-0.05, 0) is 54.8 Å². The van der Waals surface area contributed by atoms with E-state index in [0.717, 1.165) is 17.1 Å². The van der Waals surface area contributed by atoms with Crippen LogP contribution in [0.25, 0.3) is 5.76 Å². The maximum absolute atomic E-state index is 6.38. The highest BCUT2D eigenvalue weighted by Crippen LogP contribution is 2.46. The highest BCUT2D eigenvalue weighted by molar-refractivity contribution is 5.73. The molecule has 0 aromatic heterocycles. The first-order valence-corrected chi connectivity index (χ1v) is 9.39. The third-order valence-electron chi connectivity index (χ3n) is 5.38. The number of para-hydroxylation sites is 1. The SMILES string of the molecule is COc1ccc(C2=C(C)[C@@H](c3ccccc3C)c3ccccc3O2)cc1OC. The summed E-state index contributed by atoms with van der Waals surface area (Å²) in [5, 5.41) is 0. The average molecular weight is 372 g/mol. The van der Waals surface area contributed by atoms with Crippen LogP contribution < -0.4 is 14.2 Å². The van der Waals surface area contributed by atoms with Crippen molar-refractivity contribution in [2.45, 2.75) is 19.8 Å². The molecule has 0 amide bonds. The lowest BCUT2D eigenvalue weighted by molar-refractivity contribution is 0.354. The minimum Gasteiger partial charge on any atom is -0.493 e. The molecular weight excluding hydrogens is 348 g/mol. The van der Waals surface area contributed by atoms with Crippen LogP contribution >= 0.6 is 0 Å². The van der Waals surface area contributed by atoms with Crippen molar-refractivity contribution in [2.75, 3.05) is 14.2 Å². The van der Waals surface area contributed by atoms with Crippen LogP contribution in [0.4, 0.5) is 0 Å². The minimum absolute atomic E-state index is 0.147. The van der Waals surface area contributed by atoms with E-state index in [0.29, 0.717) is 11.5 Å². The van der Waals surface area contributed by atoms with Crippen LogP contribution in [-0.4, -0.2) is 14.2 Å². The fourth-order valence-electron chi connectivity index (χ4n) is 3.94. The van der Waals surface area contributed by atoms with Crippen molar-refractivity contribution in [3.8, 4) is 17.2 Å². The Kier molecular flexibility index (Phi) is 4.82. The third-order valence-corrected chi connectivity index (χ3v) is 5.38. The standard InChI is InChI=1S/C25H24O3/c1-16-9-5-6-10-19(16)24-17(2)25(28-21-12-8-7-11-20(21)24)18-13-14-22(26-3)23(15-18)27-4/h5-15,24H,1-4H3/t24-/m0/s1. The Morgan fingerprint density at radius 1 is 0.750 bits per heavy atom. The second-order valence-electron chi connectivity index (χ2n) is 7.01. The molecule has 0 radical (unpaired) electrons. The van der Waals surface area contributed by atoms with E-state index in [1.165, 1.54) is 22.3 Å². The summed E-state index contributed by atoms with van der Waals surface area (Å²) in [5.41, 5.74) is 5.92. The van der Waals surface area contributed by atoms with Crippen molar-refractivity contribution in [1.29, 1.82) is 0 Å². The molecule has 0 fully saturated rings. The molecule has 3 heteroatoms. The summed E-state index contributed by atoms with van der Waals surface area (Å²) in [7, 11) is 3.29. The van der Waals surface area contributed by atoms with E-state index in [4.69, 9.17) is 14.2 Å². The van der Waals surface area contributed by atoms with E-state index >= 15 is 0 Å². The minimum atomic E-state index is 0.147. The molecule has 28 heavy (non-hydrogen) atoms. The van der Waals surface area contributed by atoms with Crippen LogP contribution in [-0.2, 0) is 0 Å². The summed E-state index contributed by atoms with van der Waals surface area (Å²) in [4.78, 5) is 0. The lowest BCUT2D eigenvalue weighted by Crippen LogP contribution is -2.15. The molecule has 0 aliphatic carbocycles. The Balaban J connectivity index is 1.91. The van der Waals surface area contributed by atoms with Crippen LogP contribution in [0.2, 0.25) is 0 Å². The van der Waals surface area contributed by atoms with Gasteiger partial charge in [0.2, 0.25) is 0 Å². The van der Waals surface area contributed by atoms with Crippen molar-refractivity contribution in [3.05, 3.63) is 94.6 Å². The number of allylic oxidation sites excluding steroid dienone is 1. The molecule has 0 saturated carbocycles. The van der Waals surface area contributed by atoms with E-state index in [-0.39, 0.29) is 5.92 Å². The number of rotatable bonds is 4. The summed E-state index contributed by atoms with van der Waals surface area (Å²) in [6.45, 7) is 4.32. The number of benzene rings is 3. The zero-order valence-electron chi connectivity index (χ0n) is 16.7. The van der Waals surface area contributed by atoms with Crippen molar-refractivity contribution in [1.82, 2.24) is 0 Å². The third kappa shape index (κ3) is 3.03. The molecule has 1 heterocycles. The molecule has 1 aliphatic rings. The lowest BCUT2D eigenvalue weighted by atomic mass is 9.80. The van der Waals surface area contributed by atoms with E-state index in [1.807, 2.05) is 30.3 Å². The molecule has 142 valence electrons. The topological polar surface area (TPSA) is 27.7 Å². The molecule has 3 nitrogen and oxygen atoms in total. The summed E-state index contributed by atoms with van der Waals surface area (Å²) >= 11 is 0. The van der Waals surface area contributed by atoms with E-state index < -0.39 is 0 Å². The van der Waals surface area contributed by atoms with Gasteiger partial charge >= 0.3 is 0 Å². The Bertz CT molecular complexity index is 1050. The van der Waals surface area contributed by atoms with Crippen molar-refractivity contribution in [3.63, 3.8) is 0 Å². The van der Waals surface area contributed by atoms with Gasteiger partial charge in [0.05, 0.1) is 14.2 Å². The lowest BCUT2D eigenvalue weighted by Gasteiger charge is -2.31. The second-order valence-corrected chi connectivity index (χ2v) is 7.01. The number of methoxy groups -OCH3 is 2. The number of ether oxygens (including phenoxy) is 3. The first-order chi connectivity index (χ1) is 13.6. The van der Waals surface area contributed by atoms with E-state index in [1.54, 1.807) is 14.2 Å². The van der Waals surface area contributed by atoms with Gasteiger partial charge in [-0.2, -0.15) is 0 Å². The Labute approximate surface area is 166 Å². The van der Waals surface area contributed by atoms with Crippen molar-refractivity contribution >= 4 is 5.76 Å². The van der Waals surface area contributed by atoms with Gasteiger partial charge in [0, 0.05) is 17.0 Å². The summed E-state index contributed by atoms with van der Waals surface area (Å²) < 4.78 is 17.3. The quantitative estimate of drug-likeness (QED) is 0.565. The normalized spacial score (nSPS) is 15.6. The number of hydrogen-bond donors (Lipinski definition) is 0. The predicted molar refractivity (Wildman–Crippen MR) is 112 cm³/mol. The van der Waals surface area contributed by atoms with Crippen LogP contribution in [0.5, 0.6) is 17.2 Å². The Morgan fingerprint density at radius 3 is 2.14 bits per heavy atom. The van der Waals surface area contributed by atoms with Gasteiger partial charge in [-0.3, -0.25) is 0 Å². The van der Waals surface area contributed by atoms with Crippen LogP contribution in [0.1, 0.15) is 35.1 Å². The van der Waals surface area contributed by atoms with E-state index in [9.17, 15) is 0 Å². The molecular formula is C25H24O3. The highest BCUT2D eigenvalue weighted by atomic mass is 16.5. The second kappa shape index (κ2) is 7.43. The number of fused-ring (bicyclic) bond motifs is 1. The summed E-state index contributed by atoms with van der Waals surface area (Å²) in [5.74, 6) is 3.31. The maximum Gasteiger partial charge on any atom is 0.161 e. The van der Waals surface area contributed by atoms with Crippen LogP contribution in [0.3, 0.4) is 0 Å². The summed E-state index contributed by atoms with van der Waals surface area (Å²) in [6, 6.07) is 22.7. The first kappa shape index (κ1) is 18.2. The molecule has 3 aromatic rings. The molecule has 4 rings (SSSR count). The van der Waals surface area contributed by atoms with Crippen LogP contribution in [0.15, 0.2) is 72.3 Å². The van der Waals surface area contributed by atoms with Gasteiger partial charge in [-0.1, -0.05) is 42.5 Å². The summed E-state index contributed by atoms with van der Waals surface area (Å²) in [6.07, 6.45) is 0. The van der Waals surface area contributed by atoms with Gasteiger partial charge < -0.3 is 14.2 Å². The van der Waals surface area contributed by atoms with Gasteiger partial charge in [0.1, 0.15) is 11.5 Å². The largest absolute Gasteiger partial charge is 0.493 e. The van der Waals surface area contributed by atoms with Gasteiger partial charge in [0.25, 0.3) is 0 Å².